The summed E-state index contributed by atoms with van der Waals surface area (Å²) in [4.78, 5) is 13.3. The van der Waals surface area contributed by atoms with Gasteiger partial charge in [-0.05, 0) is 57.2 Å². The van der Waals surface area contributed by atoms with Gasteiger partial charge in [0.2, 0.25) is 5.91 Å². The minimum Gasteiger partial charge on any atom is -0.491 e. The van der Waals surface area contributed by atoms with Crippen LogP contribution in [0.25, 0.3) is 0 Å². The van der Waals surface area contributed by atoms with Gasteiger partial charge in [-0.1, -0.05) is 29.3 Å². The smallest absolute Gasteiger partial charge is 0.233 e. The molecular formula is C19H22ClNO2S. The van der Waals surface area contributed by atoms with Gasteiger partial charge in [0.1, 0.15) is 12.4 Å². The fraction of sp³-hybridized carbons (Fsp3) is 0.316. The van der Waals surface area contributed by atoms with Gasteiger partial charge < -0.3 is 10.1 Å². The number of ether oxygens (including phenoxy) is 1. The van der Waals surface area contributed by atoms with E-state index in [4.69, 9.17) is 16.3 Å². The van der Waals surface area contributed by atoms with Crippen molar-refractivity contribution in [3.63, 3.8) is 0 Å². The van der Waals surface area contributed by atoms with Gasteiger partial charge in [0.05, 0.1) is 11.3 Å². The Morgan fingerprint density at radius 3 is 2.38 bits per heavy atom. The fourth-order valence-electron chi connectivity index (χ4n) is 2.03. The van der Waals surface area contributed by atoms with Crippen LogP contribution in [-0.2, 0) is 4.79 Å². The van der Waals surface area contributed by atoms with E-state index in [1.165, 1.54) is 17.3 Å². The fourth-order valence-corrected chi connectivity index (χ4v) is 3.03. The molecule has 1 amide bonds. The summed E-state index contributed by atoms with van der Waals surface area (Å²) >= 11 is 7.38. The number of aryl methyl sites for hydroxylation is 1. The first kappa shape index (κ1) is 18.7. The van der Waals surface area contributed by atoms with Gasteiger partial charge in [-0.15, -0.1) is 11.8 Å². The molecule has 0 spiro atoms. The molecule has 0 saturated heterocycles. The Hall–Kier alpha value is -1.65. The summed E-state index contributed by atoms with van der Waals surface area (Å²) in [6.07, 6.45) is 0. The Morgan fingerprint density at radius 1 is 1.12 bits per heavy atom. The van der Waals surface area contributed by atoms with Crippen LogP contribution in [0.3, 0.4) is 0 Å². The number of thioether (sulfide) groups is 1. The van der Waals surface area contributed by atoms with Crippen LogP contribution in [0.15, 0.2) is 53.4 Å². The number of hydrogen-bond donors (Lipinski definition) is 1. The molecule has 0 radical (unpaired) electrons. The van der Waals surface area contributed by atoms with Crippen molar-refractivity contribution < 1.29 is 9.53 Å². The van der Waals surface area contributed by atoms with Gasteiger partial charge in [0, 0.05) is 9.92 Å². The Balaban J connectivity index is 1.77. The lowest BCUT2D eigenvalue weighted by molar-refractivity contribution is -0.121. The standard InChI is InChI=1S/C19H22ClNO2S/c1-13-4-8-17(9-5-13)23-12-14(2)21-19(22)15(3)24-18-10-6-16(20)7-11-18/h4-11,14-15H,12H2,1-3H3,(H,21,22)/t14-,15-/m0/s1. The van der Waals surface area contributed by atoms with Crippen molar-refractivity contribution in [2.24, 2.45) is 0 Å². The average Bonchev–Trinajstić information content (AvgIpc) is 2.56. The Bertz CT molecular complexity index is 658. The van der Waals surface area contributed by atoms with Crippen LogP contribution < -0.4 is 10.1 Å². The van der Waals surface area contributed by atoms with E-state index < -0.39 is 0 Å². The minimum atomic E-state index is -0.187. The number of benzene rings is 2. The molecule has 24 heavy (non-hydrogen) atoms. The molecule has 0 aromatic heterocycles. The second kappa shape index (κ2) is 9.00. The second-order valence-electron chi connectivity index (χ2n) is 5.75. The Morgan fingerprint density at radius 2 is 1.75 bits per heavy atom. The number of halogens is 1. The van der Waals surface area contributed by atoms with E-state index in [0.717, 1.165) is 10.6 Å². The summed E-state index contributed by atoms with van der Waals surface area (Å²) in [6, 6.07) is 15.3. The highest BCUT2D eigenvalue weighted by molar-refractivity contribution is 8.00. The Labute approximate surface area is 152 Å². The largest absolute Gasteiger partial charge is 0.491 e. The van der Waals surface area contributed by atoms with E-state index >= 15 is 0 Å². The summed E-state index contributed by atoms with van der Waals surface area (Å²) in [6.45, 7) is 6.30. The number of hydrogen-bond acceptors (Lipinski definition) is 3. The number of nitrogens with one attached hydrogen (secondary N) is 1. The quantitative estimate of drug-likeness (QED) is 0.724. The van der Waals surface area contributed by atoms with Gasteiger partial charge in [0.15, 0.2) is 0 Å². The summed E-state index contributed by atoms with van der Waals surface area (Å²) in [5.41, 5.74) is 1.19. The van der Waals surface area contributed by atoms with Gasteiger partial charge in [-0.25, -0.2) is 0 Å². The van der Waals surface area contributed by atoms with Crippen molar-refractivity contribution in [3.8, 4) is 5.75 Å². The molecule has 0 saturated carbocycles. The maximum absolute atomic E-state index is 12.3. The van der Waals surface area contributed by atoms with Gasteiger partial charge in [-0.3, -0.25) is 4.79 Å². The summed E-state index contributed by atoms with van der Waals surface area (Å²) in [5.74, 6) is 0.806. The number of amides is 1. The third-order valence-corrected chi connectivity index (χ3v) is 4.77. The maximum atomic E-state index is 12.3. The zero-order chi connectivity index (χ0) is 17.5. The first-order valence-electron chi connectivity index (χ1n) is 7.86. The molecule has 2 rings (SSSR count). The van der Waals surface area contributed by atoms with Crippen LogP contribution in [0.1, 0.15) is 19.4 Å². The normalized spacial score (nSPS) is 13.2. The van der Waals surface area contributed by atoms with E-state index in [1.54, 1.807) is 0 Å². The van der Waals surface area contributed by atoms with E-state index in [1.807, 2.05) is 69.3 Å². The van der Waals surface area contributed by atoms with Crippen molar-refractivity contribution >= 4 is 29.3 Å². The molecule has 0 unspecified atom stereocenters. The van der Waals surface area contributed by atoms with E-state index in [-0.39, 0.29) is 17.2 Å². The number of carbonyl (C=O) groups is 1. The third-order valence-electron chi connectivity index (χ3n) is 3.41. The van der Waals surface area contributed by atoms with Crippen LogP contribution in [0, 0.1) is 6.92 Å². The van der Waals surface area contributed by atoms with E-state index in [2.05, 4.69) is 5.32 Å². The Kier molecular flexibility index (Phi) is 7.00. The zero-order valence-electron chi connectivity index (χ0n) is 14.1. The molecule has 1 N–H and O–H groups in total. The molecule has 2 atom stereocenters. The first-order chi connectivity index (χ1) is 11.4. The lowest BCUT2D eigenvalue weighted by Crippen LogP contribution is -2.40. The molecule has 3 nitrogen and oxygen atoms in total. The molecule has 2 aromatic carbocycles. The third kappa shape index (κ3) is 6.10. The van der Waals surface area contributed by atoms with Gasteiger partial charge in [0.25, 0.3) is 0 Å². The average molecular weight is 364 g/mol. The van der Waals surface area contributed by atoms with Crippen LogP contribution in [-0.4, -0.2) is 23.8 Å². The molecule has 128 valence electrons. The molecule has 0 aliphatic heterocycles. The van der Waals surface area contributed by atoms with Crippen molar-refractivity contribution in [2.75, 3.05) is 6.61 Å². The summed E-state index contributed by atoms with van der Waals surface area (Å²) in [5, 5.41) is 3.49. The van der Waals surface area contributed by atoms with Crippen molar-refractivity contribution in [2.45, 2.75) is 37.0 Å². The van der Waals surface area contributed by atoms with Gasteiger partial charge in [-0.2, -0.15) is 0 Å². The topological polar surface area (TPSA) is 38.3 Å². The molecule has 0 heterocycles. The van der Waals surface area contributed by atoms with Crippen molar-refractivity contribution in [1.29, 1.82) is 0 Å². The van der Waals surface area contributed by atoms with Gasteiger partial charge >= 0.3 is 0 Å². The summed E-state index contributed by atoms with van der Waals surface area (Å²) in [7, 11) is 0. The predicted octanol–water partition coefficient (Wildman–Crippen LogP) is 4.71. The summed E-state index contributed by atoms with van der Waals surface area (Å²) < 4.78 is 5.70. The minimum absolute atomic E-state index is 0.00467. The molecule has 0 aliphatic carbocycles. The predicted molar refractivity (Wildman–Crippen MR) is 101 cm³/mol. The van der Waals surface area contributed by atoms with Crippen LogP contribution in [0.5, 0.6) is 5.75 Å². The van der Waals surface area contributed by atoms with Crippen molar-refractivity contribution in [1.82, 2.24) is 5.32 Å². The highest BCUT2D eigenvalue weighted by Crippen LogP contribution is 2.24. The SMILES string of the molecule is Cc1ccc(OC[C@H](C)NC(=O)[C@H](C)Sc2ccc(Cl)cc2)cc1. The van der Waals surface area contributed by atoms with E-state index in [9.17, 15) is 4.79 Å². The first-order valence-corrected chi connectivity index (χ1v) is 9.12. The van der Waals surface area contributed by atoms with Crippen molar-refractivity contribution in [3.05, 3.63) is 59.1 Å². The zero-order valence-corrected chi connectivity index (χ0v) is 15.7. The lowest BCUT2D eigenvalue weighted by Gasteiger charge is -2.18. The molecule has 0 fully saturated rings. The number of rotatable bonds is 7. The highest BCUT2D eigenvalue weighted by atomic mass is 35.5. The second-order valence-corrected chi connectivity index (χ2v) is 7.60. The molecule has 0 aliphatic rings. The molecule has 2 aromatic rings. The lowest BCUT2D eigenvalue weighted by atomic mass is 10.2. The molecular weight excluding hydrogens is 342 g/mol. The molecule has 0 bridgehead atoms. The van der Waals surface area contributed by atoms with E-state index in [0.29, 0.717) is 11.6 Å². The van der Waals surface area contributed by atoms with Crippen LogP contribution in [0.2, 0.25) is 5.02 Å². The molecule has 5 heteroatoms. The number of carbonyl (C=O) groups excluding carboxylic acids is 1. The maximum Gasteiger partial charge on any atom is 0.233 e. The highest BCUT2D eigenvalue weighted by Gasteiger charge is 2.16. The van der Waals surface area contributed by atoms with Crippen LogP contribution >= 0.6 is 23.4 Å². The monoisotopic (exact) mass is 363 g/mol. The van der Waals surface area contributed by atoms with Crippen LogP contribution in [0.4, 0.5) is 0 Å².